The number of ketones is 1. The minimum absolute atomic E-state index is 0.0475. The van der Waals surface area contributed by atoms with E-state index in [0.29, 0.717) is 6.42 Å². The number of furan rings is 1. The van der Waals surface area contributed by atoms with E-state index in [1.807, 2.05) is 20.8 Å². The molecule has 1 N–H and O–H groups in total. The number of ether oxygens (including phenoxy) is 2. The summed E-state index contributed by atoms with van der Waals surface area (Å²) < 4.78 is 16.0. The SMILES string of the molecule is CC1OCC(=O)C1NC(=O)C(CC(C)(C)C)OCc1ccoc1. The monoisotopic (exact) mass is 323 g/mol. The highest BCUT2D eigenvalue weighted by molar-refractivity contribution is 5.92. The van der Waals surface area contributed by atoms with Crippen LogP contribution >= 0.6 is 0 Å². The molecule has 2 heterocycles. The molecule has 0 aromatic carbocycles. The first kappa shape index (κ1) is 17.7. The molecule has 2 rings (SSSR count). The summed E-state index contributed by atoms with van der Waals surface area (Å²) in [4.78, 5) is 24.3. The van der Waals surface area contributed by atoms with Crippen LogP contribution in [0.25, 0.3) is 0 Å². The number of carbonyl (C=O) groups excluding carboxylic acids is 2. The molecule has 128 valence electrons. The van der Waals surface area contributed by atoms with Crippen LogP contribution in [0.4, 0.5) is 0 Å². The standard InChI is InChI=1S/C17H25NO5/c1-11-15(13(19)10-22-11)18-16(20)14(7-17(2,3)4)23-9-12-5-6-21-8-12/h5-6,8,11,14-15H,7,9-10H2,1-4H3,(H,18,20). The molecule has 0 aliphatic carbocycles. The van der Waals surface area contributed by atoms with E-state index in [4.69, 9.17) is 13.9 Å². The van der Waals surface area contributed by atoms with Crippen molar-refractivity contribution in [2.75, 3.05) is 6.61 Å². The van der Waals surface area contributed by atoms with Gasteiger partial charge < -0.3 is 19.2 Å². The molecule has 1 fully saturated rings. The predicted molar refractivity (Wildman–Crippen MR) is 83.7 cm³/mol. The van der Waals surface area contributed by atoms with Crippen molar-refractivity contribution in [3.05, 3.63) is 24.2 Å². The Morgan fingerprint density at radius 2 is 2.22 bits per heavy atom. The molecule has 6 heteroatoms. The first-order valence-electron chi connectivity index (χ1n) is 7.83. The van der Waals surface area contributed by atoms with Crippen LogP contribution in [0, 0.1) is 5.41 Å². The number of hydrogen-bond donors (Lipinski definition) is 1. The van der Waals surface area contributed by atoms with Crippen molar-refractivity contribution >= 4 is 11.7 Å². The van der Waals surface area contributed by atoms with Gasteiger partial charge in [-0.1, -0.05) is 20.8 Å². The first-order chi connectivity index (χ1) is 10.8. The highest BCUT2D eigenvalue weighted by Crippen LogP contribution is 2.24. The van der Waals surface area contributed by atoms with E-state index in [9.17, 15) is 9.59 Å². The third kappa shape index (κ3) is 5.18. The Morgan fingerprint density at radius 3 is 2.74 bits per heavy atom. The Kier molecular flexibility index (Phi) is 5.59. The molecule has 1 saturated heterocycles. The second-order valence-corrected chi connectivity index (χ2v) is 7.16. The molecule has 1 aromatic rings. The van der Waals surface area contributed by atoms with Crippen molar-refractivity contribution in [2.24, 2.45) is 5.41 Å². The number of rotatable bonds is 6. The van der Waals surface area contributed by atoms with Gasteiger partial charge in [0, 0.05) is 5.56 Å². The summed E-state index contributed by atoms with van der Waals surface area (Å²) in [6.07, 6.45) is 2.75. The number of hydrogen-bond acceptors (Lipinski definition) is 5. The van der Waals surface area contributed by atoms with Crippen molar-refractivity contribution in [3.8, 4) is 0 Å². The molecule has 0 radical (unpaired) electrons. The summed E-state index contributed by atoms with van der Waals surface area (Å²) in [7, 11) is 0. The van der Waals surface area contributed by atoms with Gasteiger partial charge in [-0.15, -0.1) is 0 Å². The zero-order valence-electron chi connectivity index (χ0n) is 14.1. The van der Waals surface area contributed by atoms with Crippen molar-refractivity contribution < 1.29 is 23.5 Å². The Balaban J connectivity index is 1.99. The van der Waals surface area contributed by atoms with E-state index in [2.05, 4.69) is 5.32 Å². The van der Waals surface area contributed by atoms with Crippen LogP contribution in [0.3, 0.4) is 0 Å². The van der Waals surface area contributed by atoms with E-state index in [1.54, 1.807) is 25.5 Å². The zero-order chi connectivity index (χ0) is 17.0. The topological polar surface area (TPSA) is 77.8 Å². The number of nitrogens with one attached hydrogen (secondary N) is 1. The quantitative estimate of drug-likeness (QED) is 0.867. The summed E-state index contributed by atoms with van der Waals surface area (Å²) in [5.74, 6) is -0.380. The lowest BCUT2D eigenvalue weighted by Crippen LogP contribution is -2.49. The van der Waals surface area contributed by atoms with E-state index in [1.165, 1.54) is 0 Å². The van der Waals surface area contributed by atoms with Crippen LogP contribution in [-0.4, -0.2) is 36.5 Å². The lowest BCUT2D eigenvalue weighted by atomic mass is 9.88. The smallest absolute Gasteiger partial charge is 0.249 e. The molecule has 3 unspecified atom stereocenters. The van der Waals surface area contributed by atoms with Crippen molar-refractivity contribution in [2.45, 2.75) is 59.0 Å². The summed E-state index contributed by atoms with van der Waals surface area (Å²) in [5.41, 5.74) is 0.783. The summed E-state index contributed by atoms with van der Waals surface area (Å²) >= 11 is 0. The second-order valence-electron chi connectivity index (χ2n) is 7.16. The fourth-order valence-corrected chi connectivity index (χ4v) is 2.46. The maximum Gasteiger partial charge on any atom is 0.249 e. The Morgan fingerprint density at radius 1 is 1.48 bits per heavy atom. The van der Waals surface area contributed by atoms with Crippen LogP contribution in [0.15, 0.2) is 23.0 Å². The third-order valence-electron chi connectivity index (χ3n) is 3.72. The molecule has 1 aliphatic heterocycles. The van der Waals surface area contributed by atoms with Crippen molar-refractivity contribution in [3.63, 3.8) is 0 Å². The van der Waals surface area contributed by atoms with Gasteiger partial charge in [-0.05, 0) is 24.8 Å². The lowest BCUT2D eigenvalue weighted by Gasteiger charge is -2.26. The van der Waals surface area contributed by atoms with Gasteiger partial charge in [-0.25, -0.2) is 0 Å². The van der Waals surface area contributed by atoms with Gasteiger partial charge in [0.2, 0.25) is 5.91 Å². The third-order valence-corrected chi connectivity index (χ3v) is 3.72. The highest BCUT2D eigenvalue weighted by Gasteiger charge is 2.36. The van der Waals surface area contributed by atoms with E-state index >= 15 is 0 Å². The van der Waals surface area contributed by atoms with Gasteiger partial charge in [0.05, 0.1) is 25.2 Å². The molecule has 1 aromatic heterocycles. The largest absolute Gasteiger partial charge is 0.472 e. The van der Waals surface area contributed by atoms with Crippen molar-refractivity contribution in [1.29, 1.82) is 0 Å². The number of Topliss-reactive ketones (excluding diaryl/α,β-unsaturated/α-hetero) is 1. The number of amides is 1. The first-order valence-corrected chi connectivity index (χ1v) is 7.83. The molecule has 1 amide bonds. The maximum atomic E-state index is 12.6. The fourth-order valence-electron chi connectivity index (χ4n) is 2.46. The molecular weight excluding hydrogens is 298 g/mol. The summed E-state index contributed by atoms with van der Waals surface area (Å²) in [6, 6.07) is 1.20. The molecular formula is C17H25NO5. The van der Waals surface area contributed by atoms with Crippen LogP contribution in [-0.2, 0) is 25.7 Å². The normalized spacial score (nSPS) is 23.0. The molecule has 3 atom stereocenters. The van der Waals surface area contributed by atoms with Crippen LogP contribution in [0.1, 0.15) is 39.7 Å². The molecule has 6 nitrogen and oxygen atoms in total. The van der Waals surface area contributed by atoms with Gasteiger partial charge in [0.15, 0.2) is 5.78 Å². The number of carbonyl (C=O) groups is 2. The highest BCUT2D eigenvalue weighted by atomic mass is 16.5. The average Bonchev–Trinajstić information content (AvgIpc) is 3.07. The fraction of sp³-hybridized carbons (Fsp3) is 0.647. The second kappa shape index (κ2) is 7.27. The minimum atomic E-state index is -0.634. The van der Waals surface area contributed by atoms with Gasteiger partial charge in [0.1, 0.15) is 18.8 Å². The summed E-state index contributed by atoms with van der Waals surface area (Å²) in [6.45, 7) is 8.24. The van der Waals surface area contributed by atoms with Gasteiger partial charge >= 0.3 is 0 Å². The zero-order valence-corrected chi connectivity index (χ0v) is 14.1. The summed E-state index contributed by atoms with van der Waals surface area (Å²) in [5, 5.41) is 2.77. The molecule has 23 heavy (non-hydrogen) atoms. The predicted octanol–water partition coefficient (Wildman–Crippen LogP) is 2.07. The van der Waals surface area contributed by atoms with E-state index < -0.39 is 12.1 Å². The van der Waals surface area contributed by atoms with Crippen LogP contribution in [0.2, 0.25) is 0 Å². The van der Waals surface area contributed by atoms with E-state index in [-0.39, 0.29) is 36.4 Å². The average molecular weight is 323 g/mol. The van der Waals surface area contributed by atoms with Crippen LogP contribution in [0.5, 0.6) is 0 Å². The molecule has 1 aliphatic rings. The lowest BCUT2D eigenvalue weighted by molar-refractivity contribution is -0.138. The van der Waals surface area contributed by atoms with Gasteiger partial charge in [0.25, 0.3) is 0 Å². The Labute approximate surface area is 136 Å². The van der Waals surface area contributed by atoms with Crippen LogP contribution < -0.4 is 5.32 Å². The van der Waals surface area contributed by atoms with Gasteiger partial charge in [-0.2, -0.15) is 0 Å². The molecule has 0 bridgehead atoms. The molecule has 0 spiro atoms. The van der Waals surface area contributed by atoms with Gasteiger partial charge in [-0.3, -0.25) is 9.59 Å². The Hall–Kier alpha value is -1.66. The molecule has 0 saturated carbocycles. The Bertz CT molecular complexity index is 532. The maximum absolute atomic E-state index is 12.6. The van der Waals surface area contributed by atoms with Crippen molar-refractivity contribution in [1.82, 2.24) is 5.32 Å². The van der Waals surface area contributed by atoms with E-state index in [0.717, 1.165) is 5.56 Å². The minimum Gasteiger partial charge on any atom is -0.472 e.